The number of hydrogen-bond acceptors (Lipinski definition) is 5. The van der Waals surface area contributed by atoms with E-state index in [4.69, 9.17) is 32.7 Å². The lowest BCUT2D eigenvalue weighted by Crippen LogP contribution is -2.34. The Kier molecular flexibility index (Phi) is 7.32. The molecule has 1 atom stereocenters. The molecule has 0 saturated carbocycles. The van der Waals surface area contributed by atoms with Gasteiger partial charge in [0, 0.05) is 15.7 Å². The molecule has 0 aromatic heterocycles. The fourth-order valence-corrected chi connectivity index (χ4v) is 2.19. The van der Waals surface area contributed by atoms with Crippen LogP contribution in [0.5, 0.6) is 0 Å². The first-order chi connectivity index (χ1) is 9.96. The monoisotopic (exact) mass is 333 g/mol. The number of hydrogen-bond donors (Lipinski definition) is 1. The van der Waals surface area contributed by atoms with E-state index in [0.29, 0.717) is 15.7 Å². The van der Waals surface area contributed by atoms with Gasteiger partial charge >= 0.3 is 11.9 Å². The quantitative estimate of drug-likeness (QED) is 0.775. The molecule has 1 rings (SSSR count). The predicted molar refractivity (Wildman–Crippen MR) is 81.8 cm³/mol. The Hall–Kier alpha value is -1.46. The number of carbonyl (C=O) groups is 2. The van der Waals surface area contributed by atoms with E-state index in [-0.39, 0.29) is 19.6 Å². The lowest BCUT2D eigenvalue weighted by molar-refractivity contribution is -0.150. The third kappa shape index (κ3) is 6.23. The van der Waals surface area contributed by atoms with E-state index in [1.807, 2.05) is 0 Å². The fraction of sp³-hybridized carbons (Fsp3) is 0.429. The van der Waals surface area contributed by atoms with Gasteiger partial charge in [-0.05, 0) is 32.0 Å². The smallest absolute Gasteiger partial charge is 0.329 e. The number of carbonyl (C=O) groups excluding carboxylic acids is 2. The molecule has 0 aliphatic rings. The van der Waals surface area contributed by atoms with E-state index in [9.17, 15) is 9.59 Å². The normalized spacial score (nSPS) is 11.6. The number of rotatable bonds is 7. The minimum absolute atomic E-state index is 0.142. The minimum atomic E-state index is -0.862. The SMILES string of the molecule is CCOC(=O)C[C@@H](Nc1cc(Cl)cc(Cl)c1)C(=O)OCC. The second kappa shape index (κ2) is 8.74. The van der Waals surface area contributed by atoms with Gasteiger partial charge in [0.1, 0.15) is 6.04 Å². The summed E-state index contributed by atoms with van der Waals surface area (Å²) < 4.78 is 9.79. The molecule has 0 heterocycles. The maximum atomic E-state index is 11.9. The first-order valence-corrected chi connectivity index (χ1v) is 7.26. The average molecular weight is 334 g/mol. The molecule has 0 unspecified atom stereocenters. The molecule has 21 heavy (non-hydrogen) atoms. The van der Waals surface area contributed by atoms with Crippen LogP contribution in [0.4, 0.5) is 5.69 Å². The molecular formula is C14H17Cl2NO4. The summed E-state index contributed by atoms with van der Waals surface area (Å²) in [5.74, 6) is -1.03. The van der Waals surface area contributed by atoms with Gasteiger partial charge in [-0.3, -0.25) is 4.79 Å². The van der Waals surface area contributed by atoms with Gasteiger partial charge in [0.05, 0.1) is 19.6 Å². The lowest BCUT2D eigenvalue weighted by atomic mass is 10.2. The van der Waals surface area contributed by atoms with Crippen molar-refractivity contribution in [3.05, 3.63) is 28.2 Å². The molecule has 0 radical (unpaired) electrons. The van der Waals surface area contributed by atoms with Crippen molar-refractivity contribution in [1.29, 1.82) is 0 Å². The van der Waals surface area contributed by atoms with Crippen molar-refractivity contribution in [3.8, 4) is 0 Å². The highest BCUT2D eigenvalue weighted by molar-refractivity contribution is 6.35. The molecule has 1 aromatic rings. The Balaban J connectivity index is 2.85. The van der Waals surface area contributed by atoms with Crippen molar-refractivity contribution in [2.24, 2.45) is 0 Å². The highest BCUT2D eigenvalue weighted by Crippen LogP contribution is 2.23. The van der Waals surface area contributed by atoms with Crippen LogP contribution in [0.3, 0.4) is 0 Å². The van der Waals surface area contributed by atoms with Crippen LogP contribution in [0.25, 0.3) is 0 Å². The Morgan fingerprint density at radius 2 is 1.67 bits per heavy atom. The standard InChI is InChI=1S/C14H17Cl2NO4/c1-3-20-13(18)8-12(14(19)21-4-2)17-11-6-9(15)5-10(16)7-11/h5-7,12,17H,3-4,8H2,1-2H3/t12-/m1/s1. The summed E-state index contributed by atoms with van der Waals surface area (Å²) in [6.45, 7) is 3.85. The van der Waals surface area contributed by atoms with Crippen LogP contribution >= 0.6 is 23.2 Å². The molecule has 1 N–H and O–H groups in total. The van der Waals surface area contributed by atoms with Gasteiger partial charge in [-0.2, -0.15) is 0 Å². The lowest BCUT2D eigenvalue weighted by Gasteiger charge is -2.18. The highest BCUT2D eigenvalue weighted by atomic mass is 35.5. The molecule has 5 nitrogen and oxygen atoms in total. The van der Waals surface area contributed by atoms with E-state index in [1.165, 1.54) is 0 Å². The number of benzene rings is 1. The van der Waals surface area contributed by atoms with Crippen LogP contribution in [-0.4, -0.2) is 31.2 Å². The number of ether oxygens (including phenoxy) is 2. The molecule has 7 heteroatoms. The first kappa shape index (κ1) is 17.6. The summed E-state index contributed by atoms with van der Waals surface area (Å²) in [4.78, 5) is 23.5. The Labute approximate surface area is 133 Å². The van der Waals surface area contributed by atoms with E-state index < -0.39 is 18.0 Å². The second-order valence-corrected chi connectivity index (χ2v) is 4.99. The van der Waals surface area contributed by atoms with Crippen molar-refractivity contribution < 1.29 is 19.1 Å². The van der Waals surface area contributed by atoms with Crippen LogP contribution in [0.2, 0.25) is 10.0 Å². The molecule has 0 saturated heterocycles. The topological polar surface area (TPSA) is 64.6 Å². The number of halogens is 2. The summed E-state index contributed by atoms with van der Waals surface area (Å²) in [5, 5.41) is 3.73. The van der Waals surface area contributed by atoms with Crippen molar-refractivity contribution in [2.75, 3.05) is 18.5 Å². The fourth-order valence-electron chi connectivity index (χ4n) is 1.66. The average Bonchev–Trinajstić information content (AvgIpc) is 2.37. The number of anilines is 1. The van der Waals surface area contributed by atoms with Gasteiger partial charge in [0.2, 0.25) is 0 Å². The van der Waals surface area contributed by atoms with Gasteiger partial charge in [-0.25, -0.2) is 4.79 Å². The maximum Gasteiger partial charge on any atom is 0.329 e. The van der Waals surface area contributed by atoms with Crippen molar-refractivity contribution >= 4 is 40.8 Å². The van der Waals surface area contributed by atoms with Crippen molar-refractivity contribution in [1.82, 2.24) is 0 Å². The van der Waals surface area contributed by atoms with Crippen LogP contribution in [-0.2, 0) is 19.1 Å². The van der Waals surface area contributed by atoms with Gasteiger partial charge < -0.3 is 14.8 Å². The highest BCUT2D eigenvalue weighted by Gasteiger charge is 2.24. The maximum absolute atomic E-state index is 11.9. The van der Waals surface area contributed by atoms with E-state index in [2.05, 4.69) is 5.32 Å². The van der Waals surface area contributed by atoms with Crippen molar-refractivity contribution in [2.45, 2.75) is 26.3 Å². The molecule has 1 aromatic carbocycles. The van der Waals surface area contributed by atoms with Crippen LogP contribution in [0.1, 0.15) is 20.3 Å². The molecule has 0 fully saturated rings. The molecule has 0 spiro atoms. The largest absolute Gasteiger partial charge is 0.466 e. The van der Waals surface area contributed by atoms with Crippen LogP contribution in [0.15, 0.2) is 18.2 Å². The zero-order valence-corrected chi connectivity index (χ0v) is 13.3. The minimum Gasteiger partial charge on any atom is -0.466 e. The van der Waals surface area contributed by atoms with Crippen LogP contribution < -0.4 is 5.32 Å². The third-order valence-corrected chi connectivity index (χ3v) is 2.89. The van der Waals surface area contributed by atoms with Gasteiger partial charge in [0.25, 0.3) is 0 Å². The summed E-state index contributed by atoms with van der Waals surface area (Å²) >= 11 is 11.8. The number of nitrogens with one attached hydrogen (secondary N) is 1. The molecular weight excluding hydrogens is 317 g/mol. The van der Waals surface area contributed by atoms with Gasteiger partial charge in [-0.15, -0.1) is 0 Å². The molecule has 0 aliphatic heterocycles. The van der Waals surface area contributed by atoms with E-state index in [1.54, 1.807) is 32.0 Å². The third-order valence-electron chi connectivity index (χ3n) is 2.45. The van der Waals surface area contributed by atoms with Gasteiger partial charge in [0.15, 0.2) is 0 Å². The molecule has 0 amide bonds. The zero-order valence-electron chi connectivity index (χ0n) is 11.8. The Bertz CT molecular complexity index is 487. The predicted octanol–water partition coefficient (Wildman–Crippen LogP) is 3.29. The summed E-state index contributed by atoms with van der Waals surface area (Å²) in [7, 11) is 0. The summed E-state index contributed by atoms with van der Waals surface area (Å²) in [6, 6.07) is 3.91. The zero-order chi connectivity index (χ0) is 15.8. The van der Waals surface area contributed by atoms with E-state index >= 15 is 0 Å². The summed E-state index contributed by atoms with van der Waals surface area (Å²) in [6.07, 6.45) is -0.142. The second-order valence-electron chi connectivity index (χ2n) is 4.12. The molecule has 0 bridgehead atoms. The number of esters is 2. The molecule has 116 valence electrons. The molecule has 0 aliphatic carbocycles. The van der Waals surface area contributed by atoms with E-state index in [0.717, 1.165) is 0 Å². The van der Waals surface area contributed by atoms with Crippen LogP contribution in [0, 0.1) is 0 Å². The Morgan fingerprint density at radius 3 is 2.19 bits per heavy atom. The Morgan fingerprint density at radius 1 is 1.10 bits per heavy atom. The summed E-state index contributed by atoms with van der Waals surface area (Å²) in [5.41, 5.74) is 0.523. The van der Waals surface area contributed by atoms with Gasteiger partial charge in [-0.1, -0.05) is 23.2 Å². The van der Waals surface area contributed by atoms with Crippen molar-refractivity contribution in [3.63, 3.8) is 0 Å². The first-order valence-electron chi connectivity index (χ1n) is 6.51.